The van der Waals surface area contributed by atoms with Gasteiger partial charge in [0, 0.05) is 18.7 Å². The van der Waals surface area contributed by atoms with Crippen molar-refractivity contribution in [2.75, 3.05) is 0 Å². The molecule has 0 saturated carbocycles. The largest absolute Gasteiger partial charge is 0.310 e. The molecule has 0 spiro atoms. The first-order valence-corrected chi connectivity index (χ1v) is 5.70. The maximum Gasteiger partial charge on any atom is 0.304 e. The number of nitrogens with zero attached hydrogens (tertiary/aromatic N) is 1. The molecule has 0 bridgehead atoms. The van der Waals surface area contributed by atoms with Crippen molar-refractivity contribution in [2.24, 2.45) is 0 Å². The molecule has 0 fully saturated rings. The van der Waals surface area contributed by atoms with Crippen molar-refractivity contribution in [3.8, 4) is 0 Å². The molecular formula is C12H17FN2O2. The quantitative estimate of drug-likeness (QED) is 0.614. The SMILES string of the molecule is CCCC(C)NCc1ccc([N+](=O)[O-])c(F)c1. The minimum Gasteiger partial charge on any atom is -0.310 e. The summed E-state index contributed by atoms with van der Waals surface area (Å²) in [6.45, 7) is 4.69. The van der Waals surface area contributed by atoms with Gasteiger partial charge in [0.15, 0.2) is 0 Å². The van der Waals surface area contributed by atoms with Gasteiger partial charge in [-0.1, -0.05) is 19.4 Å². The second-order valence-electron chi connectivity index (χ2n) is 4.11. The van der Waals surface area contributed by atoms with Gasteiger partial charge in [-0.3, -0.25) is 10.1 Å². The number of hydrogen-bond acceptors (Lipinski definition) is 3. The van der Waals surface area contributed by atoms with Crippen LogP contribution in [0.3, 0.4) is 0 Å². The van der Waals surface area contributed by atoms with Crippen LogP contribution in [0, 0.1) is 15.9 Å². The summed E-state index contributed by atoms with van der Waals surface area (Å²) in [4.78, 5) is 9.72. The Morgan fingerprint density at radius 2 is 2.24 bits per heavy atom. The molecular weight excluding hydrogens is 223 g/mol. The first-order chi connectivity index (χ1) is 8.04. The van der Waals surface area contributed by atoms with E-state index in [1.165, 1.54) is 12.1 Å². The fourth-order valence-electron chi connectivity index (χ4n) is 1.64. The molecule has 1 N–H and O–H groups in total. The highest BCUT2D eigenvalue weighted by molar-refractivity contribution is 5.34. The molecule has 0 saturated heterocycles. The van der Waals surface area contributed by atoms with E-state index in [-0.39, 0.29) is 0 Å². The van der Waals surface area contributed by atoms with Crippen molar-refractivity contribution in [1.82, 2.24) is 5.32 Å². The molecule has 0 amide bonds. The normalized spacial score (nSPS) is 12.4. The summed E-state index contributed by atoms with van der Waals surface area (Å²) in [5.41, 5.74) is 0.242. The Morgan fingerprint density at radius 3 is 2.76 bits per heavy atom. The lowest BCUT2D eigenvalue weighted by Crippen LogP contribution is -2.25. The molecule has 1 aromatic rings. The monoisotopic (exact) mass is 240 g/mol. The first-order valence-electron chi connectivity index (χ1n) is 5.70. The predicted molar refractivity (Wildman–Crippen MR) is 64.3 cm³/mol. The van der Waals surface area contributed by atoms with Crippen molar-refractivity contribution < 1.29 is 9.31 Å². The fourth-order valence-corrected chi connectivity index (χ4v) is 1.64. The molecule has 1 unspecified atom stereocenters. The van der Waals surface area contributed by atoms with Crippen molar-refractivity contribution in [3.05, 3.63) is 39.7 Å². The number of nitrogens with one attached hydrogen (secondary N) is 1. The molecule has 5 heteroatoms. The fraction of sp³-hybridized carbons (Fsp3) is 0.500. The van der Waals surface area contributed by atoms with E-state index in [1.54, 1.807) is 6.07 Å². The van der Waals surface area contributed by atoms with E-state index in [2.05, 4.69) is 19.2 Å². The number of rotatable bonds is 6. The van der Waals surface area contributed by atoms with E-state index in [9.17, 15) is 14.5 Å². The zero-order valence-electron chi connectivity index (χ0n) is 10.1. The van der Waals surface area contributed by atoms with E-state index in [1.807, 2.05) is 0 Å². The van der Waals surface area contributed by atoms with E-state index in [0.29, 0.717) is 12.6 Å². The number of nitro groups is 1. The van der Waals surface area contributed by atoms with Crippen LogP contribution >= 0.6 is 0 Å². The summed E-state index contributed by atoms with van der Waals surface area (Å²) < 4.78 is 13.3. The molecule has 1 atom stereocenters. The minimum absolute atomic E-state index is 0.359. The molecule has 0 aliphatic heterocycles. The van der Waals surface area contributed by atoms with Crippen molar-refractivity contribution in [2.45, 2.75) is 39.3 Å². The van der Waals surface area contributed by atoms with Gasteiger partial charge >= 0.3 is 5.69 Å². The Kier molecular flexibility index (Phi) is 5.03. The molecule has 0 aliphatic carbocycles. The van der Waals surface area contributed by atoms with E-state index in [0.717, 1.165) is 18.4 Å². The van der Waals surface area contributed by atoms with Crippen LogP contribution in [0.2, 0.25) is 0 Å². The summed E-state index contributed by atoms with van der Waals surface area (Å²) >= 11 is 0. The summed E-state index contributed by atoms with van der Waals surface area (Å²) in [7, 11) is 0. The van der Waals surface area contributed by atoms with E-state index >= 15 is 0 Å². The van der Waals surface area contributed by atoms with Gasteiger partial charge in [0.05, 0.1) is 4.92 Å². The van der Waals surface area contributed by atoms with Gasteiger partial charge in [-0.15, -0.1) is 0 Å². The minimum atomic E-state index is -0.780. The molecule has 0 aromatic heterocycles. The van der Waals surface area contributed by atoms with Gasteiger partial charge in [-0.05, 0) is 25.0 Å². The highest BCUT2D eigenvalue weighted by atomic mass is 19.1. The number of benzene rings is 1. The number of nitro benzene ring substituents is 1. The molecule has 1 aromatic carbocycles. The van der Waals surface area contributed by atoms with Gasteiger partial charge in [0.1, 0.15) is 0 Å². The van der Waals surface area contributed by atoms with Gasteiger partial charge in [0.25, 0.3) is 0 Å². The van der Waals surface area contributed by atoms with Crippen LogP contribution in [0.1, 0.15) is 32.3 Å². The molecule has 17 heavy (non-hydrogen) atoms. The third-order valence-electron chi connectivity index (χ3n) is 2.59. The van der Waals surface area contributed by atoms with Crippen LogP contribution in [-0.4, -0.2) is 11.0 Å². The summed E-state index contributed by atoms with van der Waals surface area (Å²) in [5, 5.41) is 13.7. The Hall–Kier alpha value is -1.49. The lowest BCUT2D eigenvalue weighted by atomic mass is 10.1. The summed E-state index contributed by atoms with van der Waals surface area (Å²) in [6, 6.07) is 4.35. The number of halogens is 1. The highest BCUT2D eigenvalue weighted by Crippen LogP contribution is 2.17. The standard InChI is InChI=1S/C12H17FN2O2/c1-3-4-9(2)14-8-10-5-6-12(15(16)17)11(13)7-10/h5-7,9,14H,3-4,8H2,1-2H3. The topological polar surface area (TPSA) is 55.2 Å². The van der Waals surface area contributed by atoms with Gasteiger partial charge in [-0.2, -0.15) is 4.39 Å². The highest BCUT2D eigenvalue weighted by Gasteiger charge is 2.13. The molecule has 94 valence electrons. The second kappa shape index (κ2) is 6.30. The third kappa shape index (κ3) is 4.11. The zero-order valence-corrected chi connectivity index (χ0v) is 10.1. The summed E-state index contributed by atoms with van der Waals surface area (Å²) in [5.74, 6) is -0.780. The van der Waals surface area contributed by atoms with Gasteiger partial charge < -0.3 is 5.32 Å². The van der Waals surface area contributed by atoms with E-state index in [4.69, 9.17) is 0 Å². The van der Waals surface area contributed by atoms with Crippen LogP contribution in [0.4, 0.5) is 10.1 Å². The van der Waals surface area contributed by atoms with Crippen LogP contribution in [-0.2, 0) is 6.54 Å². The Morgan fingerprint density at radius 1 is 1.53 bits per heavy atom. The van der Waals surface area contributed by atoms with Gasteiger partial charge in [-0.25, -0.2) is 0 Å². The van der Waals surface area contributed by atoms with E-state index < -0.39 is 16.4 Å². The molecule has 4 nitrogen and oxygen atoms in total. The first kappa shape index (κ1) is 13.6. The van der Waals surface area contributed by atoms with Crippen LogP contribution in [0.5, 0.6) is 0 Å². The molecule has 0 aliphatic rings. The van der Waals surface area contributed by atoms with Crippen molar-refractivity contribution in [1.29, 1.82) is 0 Å². The van der Waals surface area contributed by atoms with Crippen molar-refractivity contribution in [3.63, 3.8) is 0 Å². The van der Waals surface area contributed by atoms with Gasteiger partial charge in [0.2, 0.25) is 5.82 Å². The Balaban J connectivity index is 2.62. The number of hydrogen-bond donors (Lipinski definition) is 1. The van der Waals surface area contributed by atoms with Crippen LogP contribution < -0.4 is 5.32 Å². The van der Waals surface area contributed by atoms with Crippen LogP contribution in [0.15, 0.2) is 18.2 Å². The maximum absolute atomic E-state index is 13.3. The molecule has 0 radical (unpaired) electrons. The lowest BCUT2D eigenvalue weighted by Gasteiger charge is -2.12. The Bertz CT molecular complexity index is 396. The average molecular weight is 240 g/mol. The molecule has 1 rings (SSSR count). The summed E-state index contributed by atoms with van der Waals surface area (Å²) in [6.07, 6.45) is 2.14. The van der Waals surface area contributed by atoms with Crippen molar-refractivity contribution >= 4 is 5.69 Å². The third-order valence-corrected chi connectivity index (χ3v) is 2.59. The molecule has 0 heterocycles. The van der Waals surface area contributed by atoms with Crippen LogP contribution in [0.25, 0.3) is 0 Å². The lowest BCUT2D eigenvalue weighted by molar-refractivity contribution is -0.387. The smallest absolute Gasteiger partial charge is 0.304 e. The Labute approximate surface area is 100.0 Å². The average Bonchev–Trinajstić information content (AvgIpc) is 2.26. The predicted octanol–water partition coefficient (Wildman–Crippen LogP) is 3.01. The second-order valence-corrected chi connectivity index (χ2v) is 4.11. The zero-order chi connectivity index (χ0) is 12.8. The maximum atomic E-state index is 13.3.